The van der Waals surface area contributed by atoms with Gasteiger partial charge in [-0.25, -0.2) is 0 Å². The molecule has 0 aromatic rings. The van der Waals surface area contributed by atoms with Crippen molar-refractivity contribution in [3.63, 3.8) is 0 Å². The van der Waals surface area contributed by atoms with Crippen LogP contribution in [0.4, 0.5) is 0 Å². The standard InChI is InChI=1S/C11H18N2OS/c1-9(7-12)8-13-11(14)6-10-2-4-15-5-3-10/h9-10H,2-6,8H2,1H3,(H,13,14). The summed E-state index contributed by atoms with van der Waals surface area (Å²) in [6.07, 6.45) is 2.95. The fourth-order valence-corrected chi connectivity index (χ4v) is 2.80. The van der Waals surface area contributed by atoms with Crippen LogP contribution >= 0.6 is 11.8 Å². The molecule has 0 bridgehead atoms. The summed E-state index contributed by atoms with van der Waals surface area (Å²) in [4.78, 5) is 11.5. The third-order valence-corrected chi connectivity index (χ3v) is 3.69. The number of amides is 1. The zero-order valence-electron chi connectivity index (χ0n) is 9.16. The molecule has 1 heterocycles. The van der Waals surface area contributed by atoms with Gasteiger partial charge in [0.1, 0.15) is 0 Å². The fourth-order valence-electron chi connectivity index (χ4n) is 1.60. The summed E-state index contributed by atoms with van der Waals surface area (Å²) in [5.41, 5.74) is 0. The van der Waals surface area contributed by atoms with Crippen LogP contribution in [-0.2, 0) is 4.79 Å². The molecule has 0 saturated carbocycles. The molecule has 1 saturated heterocycles. The first-order valence-corrected chi connectivity index (χ1v) is 6.62. The summed E-state index contributed by atoms with van der Waals surface area (Å²) in [7, 11) is 0. The topological polar surface area (TPSA) is 52.9 Å². The van der Waals surface area contributed by atoms with Gasteiger partial charge in [-0.05, 0) is 37.2 Å². The highest BCUT2D eigenvalue weighted by molar-refractivity contribution is 7.99. The van der Waals surface area contributed by atoms with Gasteiger partial charge < -0.3 is 5.32 Å². The maximum absolute atomic E-state index is 11.5. The molecule has 0 spiro atoms. The minimum Gasteiger partial charge on any atom is -0.355 e. The Hall–Kier alpha value is -0.690. The lowest BCUT2D eigenvalue weighted by Crippen LogP contribution is -2.30. The number of hydrogen-bond donors (Lipinski definition) is 1. The minimum atomic E-state index is -0.0872. The van der Waals surface area contributed by atoms with Gasteiger partial charge in [0.2, 0.25) is 5.91 Å². The Labute approximate surface area is 95.6 Å². The summed E-state index contributed by atoms with van der Waals surface area (Å²) >= 11 is 1.97. The van der Waals surface area contributed by atoms with Crippen LogP contribution in [0.5, 0.6) is 0 Å². The van der Waals surface area contributed by atoms with Gasteiger partial charge in [0.15, 0.2) is 0 Å². The molecule has 1 fully saturated rings. The van der Waals surface area contributed by atoms with E-state index < -0.39 is 0 Å². The van der Waals surface area contributed by atoms with E-state index in [9.17, 15) is 4.79 Å². The third-order valence-electron chi connectivity index (χ3n) is 2.64. The molecule has 84 valence electrons. The Kier molecular flexibility index (Phi) is 5.56. The Bertz CT molecular complexity index is 243. The lowest BCUT2D eigenvalue weighted by atomic mass is 9.98. The summed E-state index contributed by atoms with van der Waals surface area (Å²) in [5.74, 6) is 2.95. The van der Waals surface area contributed by atoms with Crippen molar-refractivity contribution in [1.29, 1.82) is 5.26 Å². The molecular formula is C11H18N2OS. The number of nitriles is 1. The van der Waals surface area contributed by atoms with Gasteiger partial charge in [0.25, 0.3) is 0 Å². The van der Waals surface area contributed by atoms with E-state index in [0.29, 0.717) is 18.9 Å². The fraction of sp³-hybridized carbons (Fsp3) is 0.818. The molecule has 1 amide bonds. The van der Waals surface area contributed by atoms with Crippen molar-refractivity contribution in [3.05, 3.63) is 0 Å². The number of nitrogens with zero attached hydrogens (tertiary/aromatic N) is 1. The van der Waals surface area contributed by atoms with Crippen molar-refractivity contribution < 1.29 is 4.79 Å². The van der Waals surface area contributed by atoms with E-state index in [0.717, 1.165) is 12.8 Å². The highest BCUT2D eigenvalue weighted by atomic mass is 32.2. The quantitative estimate of drug-likeness (QED) is 0.795. The Morgan fingerprint density at radius 3 is 2.87 bits per heavy atom. The zero-order valence-corrected chi connectivity index (χ0v) is 9.98. The average Bonchev–Trinajstić information content (AvgIpc) is 2.27. The van der Waals surface area contributed by atoms with E-state index in [1.54, 1.807) is 0 Å². The maximum atomic E-state index is 11.5. The number of rotatable bonds is 4. The van der Waals surface area contributed by atoms with Gasteiger partial charge in [-0.2, -0.15) is 17.0 Å². The predicted molar refractivity (Wildman–Crippen MR) is 62.5 cm³/mol. The highest BCUT2D eigenvalue weighted by Crippen LogP contribution is 2.24. The Balaban J connectivity index is 2.15. The first-order valence-electron chi connectivity index (χ1n) is 5.46. The van der Waals surface area contributed by atoms with Crippen LogP contribution in [0.25, 0.3) is 0 Å². The molecule has 1 rings (SSSR count). The van der Waals surface area contributed by atoms with E-state index in [1.165, 1.54) is 11.5 Å². The van der Waals surface area contributed by atoms with Gasteiger partial charge in [-0.1, -0.05) is 0 Å². The van der Waals surface area contributed by atoms with Crippen molar-refractivity contribution in [1.82, 2.24) is 5.32 Å². The molecule has 1 aliphatic heterocycles. The highest BCUT2D eigenvalue weighted by Gasteiger charge is 2.17. The molecule has 1 aliphatic rings. The molecule has 0 aliphatic carbocycles. The molecular weight excluding hydrogens is 208 g/mol. The zero-order chi connectivity index (χ0) is 11.1. The van der Waals surface area contributed by atoms with Gasteiger partial charge in [0.05, 0.1) is 12.0 Å². The number of nitrogens with one attached hydrogen (secondary N) is 1. The molecule has 1 unspecified atom stereocenters. The van der Waals surface area contributed by atoms with Crippen LogP contribution in [0, 0.1) is 23.2 Å². The molecule has 15 heavy (non-hydrogen) atoms. The normalized spacial score (nSPS) is 19.2. The summed E-state index contributed by atoms with van der Waals surface area (Å²) in [6, 6.07) is 2.11. The van der Waals surface area contributed by atoms with Crippen molar-refractivity contribution in [2.45, 2.75) is 26.2 Å². The summed E-state index contributed by atoms with van der Waals surface area (Å²) in [5, 5.41) is 11.4. The third kappa shape index (κ3) is 5.08. The second-order valence-electron chi connectivity index (χ2n) is 4.09. The summed E-state index contributed by atoms with van der Waals surface area (Å²) < 4.78 is 0. The Morgan fingerprint density at radius 1 is 1.60 bits per heavy atom. The van der Waals surface area contributed by atoms with E-state index in [2.05, 4.69) is 11.4 Å². The van der Waals surface area contributed by atoms with Crippen molar-refractivity contribution in [3.8, 4) is 6.07 Å². The van der Waals surface area contributed by atoms with Gasteiger partial charge in [0, 0.05) is 13.0 Å². The van der Waals surface area contributed by atoms with Crippen LogP contribution in [0.3, 0.4) is 0 Å². The Morgan fingerprint density at radius 2 is 2.27 bits per heavy atom. The van der Waals surface area contributed by atoms with E-state index >= 15 is 0 Å². The molecule has 0 aromatic carbocycles. The minimum absolute atomic E-state index is 0.0872. The molecule has 1 atom stereocenters. The van der Waals surface area contributed by atoms with Crippen LogP contribution in [-0.4, -0.2) is 24.0 Å². The predicted octanol–water partition coefficient (Wildman–Crippen LogP) is 1.80. The first-order chi connectivity index (χ1) is 7.22. The van der Waals surface area contributed by atoms with Crippen molar-refractivity contribution in [2.24, 2.45) is 11.8 Å². The number of carbonyl (C=O) groups is 1. The number of hydrogen-bond acceptors (Lipinski definition) is 3. The average molecular weight is 226 g/mol. The smallest absolute Gasteiger partial charge is 0.220 e. The van der Waals surface area contributed by atoms with Crippen LogP contribution < -0.4 is 5.32 Å². The maximum Gasteiger partial charge on any atom is 0.220 e. The molecule has 4 heteroatoms. The van der Waals surface area contributed by atoms with E-state index in [4.69, 9.17) is 5.26 Å². The van der Waals surface area contributed by atoms with Crippen LogP contribution in [0.1, 0.15) is 26.2 Å². The molecule has 0 radical (unpaired) electrons. The van der Waals surface area contributed by atoms with Crippen LogP contribution in [0.15, 0.2) is 0 Å². The number of thioether (sulfide) groups is 1. The van der Waals surface area contributed by atoms with Crippen molar-refractivity contribution >= 4 is 17.7 Å². The van der Waals surface area contributed by atoms with Crippen molar-refractivity contribution in [2.75, 3.05) is 18.1 Å². The van der Waals surface area contributed by atoms with Gasteiger partial charge in [-0.15, -0.1) is 0 Å². The monoisotopic (exact) mass is 226 g/mol. The molecule has 0 aromatic heterocycles. The van der Waals surface area contributed by atoms with E-state index in [1.807, 2.05) is 18.7 Å². The van der Waals surface area contributed by atoms with Gasteiger partial charge >= 0.3 is 0 Å². The molecule has 3 nitrogen and oxygen atoms in total. The SMILES string of the molecule is CC(C#N)CNC(=O)CC1CCSCC1. The van der Waals surface area contributed by atoms with Crippen LogP contribution in [0.2, 0.25) is 0 Å². The number of carbonyl (C=O) groups excluding carboxylic acids is 1. The second-order valence-corrected chi connectivity index (χ2v) is 5.32. The second kappa shape index (κ2) is 6.73. The van der Waals surface area contributed by atoms with E-state index in [-0.39, 0.29) is 11.8 Å². The first kappa shape index (κ1) is 12.4. The lowest BCUT2D eigenvalue weighted by molar-refractivity contribution is -0.122. The molecule has 1 N–H and O–H groups in total. The largest absolute Gasteiger partial charge is 0.355 e. The van der Waals surface area contributed by atoms with Gasteiger partial charge in [-0.3, -0.25) is 4.79 Å². The summed E-state index contributed by atoms with van der Waals surface area (Å²) in [6.45, 7) is 2.30. The lowest BCUT2D eigenvalue weighted by Gasteiger charge is -2.20.